The zero-order valence-corrected chi connectivity index (χ0v) is 11.0. The van der Waals surface area contributed by atoms with Crippen molar-refractivity contribution in [3.63, 3.8) is 0 Å². The highest BCUT2D eigenvalue weighted by molar-refractivity contribution is 9.10. The monoisotopic (exact) mass is 305 g/mol. The molecule has 1 aromatic heterocycles. The molecule has 2 rings (SSSR count). The number of aromatic amines is 1. The molecule has 0 bridgehead atoms. The number of nitrogens with one attached hydrogen (secondary N) is 1. The lowest BCUT2D eigenvalue weighted by Crippen LogP contribution is -2.30. The smallest absolute Gasteiger partial charge is 0.273 e. The van der Waals surface area contributed by atoms with Gasteiger partial charge in [-0.3, -0.25) is 14.3 Å². The van der Waals surface area contributed by atoms with Crippen molar-refractivity contribution in [2.75, 3.05) is 0 Å². The van der Waals surface area contributed by atoms with Crippen molar-refractivity contribution in [1.82, 2.24) is 9.55 Å². The van der Waals surface area contributed by atoms with Crippen LogP contribution in [0.3, 0.4) is 0 Å². The molecule has 0 unspecified atom stereocenters. The van der Waals surface area contributed by atoms with E-state index in [1.807, 2.05) is 13.0 Å². The molecule has 0 saturated heterocycles. The molecule has 0 aliphatic rings. The minimum absolute atomic E-state index is 0.108. The summed E-state index contributed by atoms with van der Waals surface area (Å²) in [6.07, 6.45) is 1.24. The summed E-state index contributed by atoms with van der Waals surface area (Å²) < 4.78 is 1.93. The fourth-order valence-corrected chi connectivity index (χ4v) is 1.97. The Labute approximate surface area is 110 Å². The van der Waals surface area contributed by atoms with Gasteiger partial charge in [-0.2, -0.15) is 5.26 Å². The minimum Gasteiger partial charge on any atom is -0.273 e. The number of halogens is 1. The number of hydrogen-bond acceptors (Lipinski definition) is 3. The van der Waals surface area contributed by atoms with Gasteiger partial charge in [-0.1, -0.05) is 6.07 Å². The van der Waals surface area contributed by atoms with E-state index in [2.05, 4.69) is 20.9 Å². The van der Waals surface area contributed by atoms with Gasteiger partial charge in [0.25, 0.3) is 5.56 Å². The van der Waals surface area contributed by atoms with Crippen LogP contribution in [0, 0.1) is 18.3 Å². The van der Waals surface area contributed by atoms with E-state index >= 15 is 0 Å². The maximum absolute atomic E-state index is 11.7. The second-order valence-corrected chi connectivity index (χ2v) is 4.59. The van der Waals surface area contributed by atoms with E-state index in [1.54, 1.807) is 18.2 Å². The van der Waals surface area contributed by atoms with E-state index in [1.165, 1.54) is 10.8 Å². The molecule has 0 amide bonds. The van der Waals surface area contributed by atoms with E-state index in [4.69, 9.17) is 5.26 Å². The second-order valence-electron chi connectivity index (χ2n) is 3.74. The van der Waals surface area contributed by atoms with Crippen LogP contribution in [-0.4, -0.2) is 9.55 Å². The fraction of sp³-hybridized carbons (Fsp3) is 0.0833. The van der Waals surface area contributed by atoms with Crippen molar-refractivity contribution in [2.45, 2.75) is 6.92 Å². The molecule has 2 aromatic rings. The second kappa shape index (κ2) is 4.63. The highest BCUT2D eigenvalue weighted by Crippen LogP contribution is 2.20. The molecule has 0 fully saturated rings. The van der Waals surface area contributed by atoms with Gasteiger partial charge in [0, 0.05) is 10.7 Å². The number of rotatable bonds is 1. The van der Waals surface area contributed by atoms with E-state index in [0.29, 0.717) is 10.2 Å². The molecule has 0 atom stereocenters. The Bertz CT molecular complexity index is 768. The van der Waals surface area contributed by atoms with Crippen LogP contribution in [0.2, 0.25) is 0 Å². The predicted molar refractivity (Wildman–Crippen MR) is 69.8 cm³/mol. The van der Waals surface area contributed by atoms with Gasteiger partial charge in [-0.15, -0.1) is 0 Å². The largest absolute Gasteiger partial charge is 0.333 e. The molecular formula is C12H8BrN3O2. The Balaban J connectivity index is 2.80. The Kier molecular flexibility index (Phi) is 3.17. The first-order chi connectivity index (χ1) is 8.52. The van der Waals surface area contributed by atoms with Crippen molar-refractivity contribution in [3.05, 3.63) is 60.8 Å². The molecule has 1 heterocycles. The van der Waals surface area contributed by atoms with Crippen molar-refractivity contribution < 1.29 is 0 Å². The summed E-state index contributed by atoms with van der Waals surface area (Å²) in [4.78, 5) is 25.2. The summed E-state index contributed by atoms with van der Waals surface area (Å²) in [5, 5.41) is 8.81. The topological polar surface area (TPSA) is 78.7 Å². The van der Waals surface area contributed by atoms with E-state index in [9.17, 15) is 9.59 Å². The molecular weight excluding hydrogens is 298 g/mol. The fourth-order valence-electron chi connectivity index (χ4n) is 1.54. The zero-order valence-electron chi connectivity index (χ0n) is 9.40. The summed E-state index contributed by atoms with van der Waals surface area (Å²) in [7, 11) is 0. The molecule has 6 heteroatoms. The third kappa shape index (κ3) is 2.13. The normalized spacial score (nSPS) is 10.1. The number of benzene rings is 1. The van der Waals surface area contributed by atoms with Crippen LogP contribution >= 0.6 is 15.9 Å². The first kappa shape index (κ1) is 12.3. The summed E-state index contributed by atoms with van der Waals surface area (Å²) in [5.41, 5.74) is 0.174. The van der Waals surface area contributed by atoms with Gasteiger partial charge in [-0.25, -0.2) is 4.79 Å². The lowest BCUT2D eigenvalue weighted by atomic mass is 10.2. The van der Waals surface area contributed by atoms with Crippen LogP contribution < -0.4 is 11.2 Å². The SMILES string of the molecule is Cc1ccc(Br)c(-n2cc(C#N)c(=O)[nH]c2=O)c1. The van der Waals surface area contributed by atoms with Crippen LogP contribution in [-0.2, 0) is 0 Å². The number of aryl methyl sites for hydroxylation is 1. The van der Waals surface area contributed by atoms with Crippen molar-refractivity contribution in [1.29, 1.82) is 5.26 Å². The molecule has 90 valence electrons. The van der Waals surface area contributed by atoms with Crippen LogP contribution in [0.15, 0.2) is 38.5 Å². The first-order valence-electron chi connectivity index (χ1n) is 5.05. The molecule has 18 heavy (non-hydrogen) atoms. The third-order valence-electron chi connectivity index (χ3n) is 2.42. The van der Waals surface area contributed by atoms with Crippen molar-refractivity contribution in [3.8, 4) is 11.8 Å². The van der Waals surface area contributed by atoms with Crippen LogP contribution in [0.1, 0.15) is 11.1 Å². The highest BCUT2D eigenvalue weighted by atomic mass is 79.9. The number of aromatic nitrogens is 2. The summed E-state index contributed by atoms with van der Waals surface area (Å²) in [6.45, 7) is 1.89. The average molecular weight is 306 g/mol. The lowest BCUT2D eigenvalue weighted by Gasteiger charge is -2.08. The molecule has 1 aromatic carbocycles. The Morgan fingerprint density at radius 3 is 2.78 bits per heavy atom. The van der Waals surface area contributed by atoms with Gasteiger partial charge >= 0.3 is 5.69 Å². The summed E-state index contributed by atoms with van der Waals surface area (Å²) >= 11 is 3.33. The van der Waals surface area contributed by atoms with Crippen molar-refractivity contribution >= 4 is 15.9 Å². The summed E-state index contributed by atoms with van der Waals surface area (Å²) in [5.74, 6) is 0. The molecule has 5 nitrogen and oxygen atoms in total. The maximum atomic E-state index is 11.7. The lowest BCUT2D eigenvalue weighted by molar-refractivity contribution is 0.885. The molecule has 1 N–H and O–H groups in total. The van der Waals surface area contributed by atoms with Crippen LogP contribution in [0.5, 0.6) is 0 Å². The van der Waals surface area contributed by atoms with Gasteiger partial charge in [-0.05, 0) is 40.5 Å². The number of hydrogen-bond donors (Lipinski definition) is 1. The van der Waals surface area contributed by atoms with Crippen LogP contribution in [0.25, 0.3) is 5.69 Å². The molecule has 0 aliphatic heterocycles. The van der Waals surface area contributed by atoms with E-state index < -0.39 is 11.2 Å². The van der Waals surface area contributed by atoms with Gasteiger partial charge in [0.2, 0.25) is 0 Å². The third-order valence-corrected chi connectivity index (χ3v) is 3.09. The standard InChI is InChI=1S/C12H8BrN3O2/c1-7-2-3-9(13)10(4-7)16-6-8(5-14)11(17)15-12(16)18/h2-4,6H,1H3,(H,15,17,18). The quantitative estimate of drug-likeness (QED) is 0.866. The highest BCUT2D eigenvalue weighted by Gasteiger charge is 2.08. The molecule has 0 aliphatic carbocycles. The maximum Gasteiger partial charge on any atom is 0.333 e. The van der Waals surface area contributed by atoms with Gasteiger partial charge in [0.15, 0.2) is 0 Å². The van der Waals surface area contributed by atoms with Crippen molar-refractivity contribution in [2.24, 2.45) is 0 Å². The molecule has 0 saturated carbocycles. The van der Waals surface area contributed by atoms with Gasteiger partial charge < -0.3 is 0 Å². The number of H-pyrrole nitrogens is 1. The average Bonchev–Trinajstić information content (AvgIpc) is 2.33. The van der Waals surface area contributed by atoms with Crippen LogP contribution in [0.4, 0.5) is 0 Å². The zero-order chi connectivity index (χ0) is 13.3. The number of nitriles is 1. The Morgan fingerprint density at radius 1 is 1.39 bits per heavy atom. The molecule has 0 spiro atoms. The van der Waals surface area contributed by atoms with E-state index in [0.717, 1.165) is 5.56 Å². The number of nitrogens with zero attached hydrogens (tertiary/aromatic N) is 2. The minimum atomic E-state index is -0.678. The van der Waals surface area contributed by atoms with Gasteiger partial charge in [0.05, 0.1) is 5.69 Å². The Morgan fingerprint density at radius 2 is 2.11 bits per heavy atom. The molecule has 0 radical (unpaired) electrons. The Hall–Kier alpha value is -2.13. The van der Waals surface area contributed by atoms with E-state index in [-0.39, 0.29) is 5.56 Å². The van der Waals surface area contributed by atoms with Gasteiger partial charge in [0.1, 0.15) is 11.6 Å². The predicted octanol–water partition coefficient (Wildman–Crippen LogP) is 1.47. The first-order valence-corrected chi connectivity index (χ1v) is 5.85. The summed E-state index contributed by atoms with van der Waals surface area (Å²) in [6, 6.07) is 7.21.